The molecule has 4 aromatic carbocycles. The van der Waals surface area contributed by atoms with Gasteiger partial charge in [-0.15, -0.1) is 0 Å². The van der Waals surface area contributed by atoms with Crippen molar-refractivity contribution >= 4 is 63.0 Å². The van der Waals surface area contributed by atoms with Crippen LogP contribution in [0.5, 0.6) is 0 Å². The zero-order chi connectivity index (χ0) is 32.9. The molecule has 5 heteroatoms. The van der Waals surface area contributed by atoms with Gasteiger partial charge in [-0.2, -0.15) is 0 Å². The Labute approximate surface area is 289 Å². The van der Waals surface area contributed by atoms with Crippen LogP contribution in [0.4, 0.5) is 0 Å². The predicted molar refractivity (Wildman–Crippen MR) is 203 cm³/mol. The van der Waals surface area contributed by atoms with Gasteiger partial charge in [0.2, 0.25) is 0 Å². The zero-order valence-electron chi connectivity index (χ0n) is 27.1. The topological polar surface area (TPSA) is 57.4 Å². The molecule has 7 aromatic rings. The molecular formula is C44H34N4Zn. The third-order valence-electron chi connectivity index (χ3n) is 9.86. The normalized spacial score (nSPS) is 11.6. The van der Waals surface area contributed by atoms with Gasteiger partial charge in [0.05, 0.1) is 22.8 Å². The number of hydrogen-bond acceptors (Lipinski definition) is 2. The van der Waals surface area contributed by atoms with E-state index >= 15 is 0 Å². The van der Waals surface area contributed by atoms with Crippen LogP contribution in [-0.4, -0.2) is 19.9 Å². The molecule has 2 aliphatic heterocycles. The monoisotopic (exact) mass is 682 g/mol. The minimum atomic E-state index is -3.43. The molecule has 0 amide bonds. The average molecular weight is 684 g/mol. The van der Waals surface area contributed by atoms with Gasteiger partial charge in [0, 0.05) is 22.1 Å². The molecule has 0 fully saturated rings. The van der Waals surface area contributed by atoms with Crippen LogP contribution in [0.2, 0.25) is 0 Å². The van der Waals surface area contributed by atoms with E-state index in [0.717, 1.165) is 44.8 Å². The molecule has 3 aromatic heterocycles. The van der Waals surface area contributed by atoms with Crippen LogP contribution in [-0.2, 0) is 14.8 Å². The van der Waals surface area contributed by atoms with Crippen LogP contribution in [0.15, 0.2) is 170 Å². The first kappa shape index (κ1) is 30.4. The summed E-state index contributed by atoms with van der Waals surface area (Å²) in [5.41, 5.74) is 7.86. The zero-order valence-corrected chi connectivity index (χ0v) is 30.0. The van der Waals surface area contributed by atoms with Crippen molar-refractivity contribution in [1.82, 2.24) is 19.9 Å². The molecule has 0 saturated carbocycles. The summed E-state index contributed by atoms with van der Waals surface area (Å²) in [5.74, 6) is 0. The van der Waals surface area contributed by atoms with Crippen molar-refractivity contribution < 1.29 is 14.8 Å². The number of H-pyrrole nitrogens is 2. The molecule has 8 bridgehead atoms. The van der Waals surface area contributed by atoms with Crippen molar-refractivity contribution in [1.29, 1.82) is 0 Å². The Balaban J connectivity index is 0.000000142. The number of rotatable bonds is 4. The number of benzene rings is 4. The summed E-state index contributed by atoms with van der Waals surface area (Å²) in [5, 5.41) is 0. The van der Waals surface area contributed by atoms with E-state index in [1.165, 1.54) is 16.6 Å². The number of aromatic nitrogens is 4. The van der Waals surface area contributed by atoms with Gasteiger partial charge in [0.15, 0.2) is 0 Å². The fraction of sp³-hybridized carbons (Fsp3) is 0. The van der Waals surface area contributed by atoms with Crippen molar-refractivity contribution in [3.8, 4) is 0 Å². The molecule has 4 nitrogen and oxygen atoms in total. The quantitative estimate of drug-likeness (QED) is 0.184. The second kappa shape index (κ2) is 13.7. The van der Waals surface area contributed by atoms with Crippen LogP contribution < -0.4 is 16.6 Å². The van der Waals surface area contributed by atoms with Gasteiger partial charge < -0.3 is 9.97 Å². The number of hydrogen-bond donors (Lipinski definition) is 2. The summed E-state index contributed by atoms with van der Waals surface area (Å²) in [6.45, 7) is 0. The van der Waals surface area contributed by atoms with Crippen molar-refractivity contribution in [2.45, 2.75) is 0 Å². The van der Waals surface area contributed by atoms with Gasteiger partial charge in [-0.05, 0) is 72.8 Å². The van der Waals surface area contributed by atoms with Gasteiger partial charge in [-0.1, -0.05) is 0 Å². The molecule has 5 heterocycles. The first-order valence-electron chi connectivity index (χ1n) is 16.9. The second-order valence-electron chi connectivity index (χ2n) is 12.9. The Morgan fingerprint density at radius 2 is 0.551 bits per heavy atom. The Morgan fingerprint density at radius 1 is 0.306 bits per heavy atom. The standard InChI is InChI=1S/C20H14N4.4C6H5.Zn/c1-2-14-10-16-5-6-18(23-16)12-20-8-7-19(24-20)11-17-4-3-15(22-17)9-13(1)21-14;4*1-2-4-6-5-3-1;/h1-12,21,24H;4*1-5H;. The third-order valence-corrected chi connectivity index (χ3v) is 24.1. The molecule has 2 N–H and O–H groups in total. The summed E-state index contributed by atoms with van der Waals surface area (Å²) < 4.78 is 5.98. The van der Waals surface area contributed by atoms with Gasteiger partial charge in [-0.25, -0.2) is 9.97 Å². The van der Waals surface area contributed by atoms with Gasteiger partial charge in [0.1, 0.15) is 0 Å². The van der Waals surface area contributed by atoms with E-state index in [-0.39, 0.29) is 0 Å². The molecular weight excluding hydrogens is 650 g/mol. The van der Waals surface area contributed by atoms with E-state index < -0.39 is 14.8 Å². The van der Waals surface area contributed by atoms with E-state index in [1.807, 2.05) is 48.6 Å². The second-order valence-corrected chi connectivity index (χ2v) is 24.2. The summed E-state index contributed by atoms with van der Waals surface area (Å²) >= 11 is -3.43. The first-order valence-corrected chi connectivity index (χ1v) is 22.8. The van der Waals surface area contributed by atoms with Crippen LogP contribution in [0.1, 0.15) is 22.8 Å². The molecule has 232 valence electrons. The van der Waals surface area contributed by atoms with Gasteiger partial charge in [-0.3, -0.25) is 0 Å². The molecule has 0 atom stereocenters. The number of nitrogens with one attached hydrogen (secondary N) is 2. The molecule has 9 rings (SSSR count). The molecule has 0 aliphatic carbocycles. The van der Waals surface area contributed by atoms with E-state index in [4.69, 9.17) is 0 Å². The Kier molecular flexibility index (Phi) is 8.50. The fourth-order valence-electron chi connectivity index (χ4n) is 7.68. The maximum absolute atomic E-state index is 4.63. The Bertz CT molecular complexity index is 2090. The molecule has 0 unspecified atom stereocenters. The van der Waals surface area contributed by atoms with Crippen LogP contribution in [0.3, 0.4) is 0 Å². The number of fused-ring (bicyclic) bond motifs is 8. The number of aromatic amines is 2. The molecule has 0 radical (unpaired) electrons. The Morgan fingerprint density at radius 3 is 0.796 bits per heavy atom. The molecule has 0 spiro atoms. The van der Waals surface area contributed by atoms with Crippen molar-refractivity contribution in [3.05, 3.63) is 193 Å². The van der Waals surface area contributed by atoms with Crippen molar-refractivity contribution in [2.24, 2.45) is 0 Å². The minimum absolute atomic E-state index is 0.939. The average Bonchev–Trinajstić information content (AvgIpc) is 3.98. The van der Waals surface area contributed by atoms with E-state index in [2.05, 4.69) is 166 Å². The maximum atomic E-state index is 4.63. The van der Waals surface area contributed by atoms with Crippen LogP contribution >= 0.6 is 0 Å². The van der Waals surface area contributed by atoms with Crippen LogP contribution in [0, 0.1) is 0 Å². The summed E-state index contributed by atoms with van der Waals surface area (Å²) in [6.07, 6.45) is 8.09. The third kappa shape index (κ3) is 6.50. The summed E-state index contributed by atoms with van der Waals surface area (Å²) in [4.78, 5) is 16.0. The first-order chi connectivity index (χ1) is 24.2. The van der Waals surface area contributed by atoms with E-state index in [0.29, 0.717) is 0 Å². The van der Waals surface area contributed by atoms with E-state index in [1.54, 1.807) is 0 Å². The van der Waals surface area contributed by atoms with Gasteiger partial charge in [0.25, 0.3) is 0 Å². The molecule has 2 aliphatic rings. The van der Waals surface area contributed by atoms with E-state index in [9.17, 15) is 0 Å². The van der Waals surface area contributed by atoms with Crippen LogP contribution in [0.25, 0.3) is 46.4 Å². The summed E-state index contributed by atoms with van der Waals surface area (Å²) in [7, 11) is 0. The molecule has 0 saturated heterocycles. The van der Waals surface area contributed by atoms with Crippen molar-refractivity contribution in [2.75, 3.05) is 0 Å². The summed E-state index contributed by atoms with van der Waals surface area (Å²) in [6, 6.07) is 60.9. The van der Waals surface area contributed by atoms with Gasteiger partial charge >= 0.3 is 153 Å². The van der Waals surface area contributed by atoms with Crippen molar-refractivity contribution in [3.63, 3.8) is 0 Å². The number of nitrogens with zero attached hydrogens (tertiary/aromatic N) is 2. The Hall–Kier alpha value is -5.90. The predicted octanol–water partition coefficient (Wildman–Crippen LogP) is 8.10. The molecule has 49 heavy (non-hydrogen) atoms. The SMILES string of the molecule is C1=Cc2cc3ccc(cc4nc(cc5ccc(cc1n2)[nH]5)C=C4)[nH]3.c1cc[c]([Zn]([c]2ccccc2)([c]2ccccc2)[c]2ccccc2)cc1. The fourth-order valence-corrected chi connectivity index (χ4v) is 21.8.